The lowest BCUT2D eigenvalue weighted by molar-refractivity contribution is 0.0925. The topological polar surface area (TPSA) is 99.5 Å². The van der Waals surface area contributed by atoms with Crippen LogP contribution in [0.5, 0.6) is 0 Å². The number of aliphatic hydroxyl groups is 1. The van der Waals surface area contributed by atoms with Crippen LogP contribution in [-0.2, 0) is 0 Å². The number of nitrogens with zero attached hydrogens (tertiary/aromatic N) is 2. The highest BCUT2D eigenvalue weighted by Gasteiger charge is 2.19. The van der Waals surface area contributed by atoms with E-state index in [1.165, 1.54) is 22.7 Å². The van der Waals surface area contributed by atoms with Crippen molar-refractivity contribution in [2.24, 2.45) is 0 Å². The summed E-state index contributed by atoms with van der Waals surface area (Å²) in [6.07, 6.45) is 1.58. The molecule has 2 aromatic heterocycles. The molecule has 9 heteroatoms. The van der Waals surface area contributed by atoms with Gasteiger partial charge in [-0.1, -0.05) is 35.9 Å². The molecule has 7 nitrogen and oxygen atoms in total. The zero-order valence-corrected chi connectivity index (χ0v) is 17.9. The smallest absolute Gasteiger partial charge is 0.331 e. The third-order valence-electron chi connectivity index (χ3n) is 5.18. The van der Waals surface area contributed by atoms with Crippen molar-refractivity contribution in [3.63, 3.8) is 0 Å². The monoisotopic (exact) mass is 454 g/mol. The Balaban J connectivity index is 1.64. The number of aliphatic hydroxyl groups excluding tert-OH is 1. The second-order valence-corrected chi connectivity index (χ2v) is 7.80. The molecule has 0 bridgehead atoms. The third-order valence-corrected chi connectivity index (χ3v) is 5.59. The SMILES string of the molecule is Cc1ccc(-c2cc3nc(C(=O)N[C@H](CCO)c4ccc(F)cc4)cn3c(=O)[nH]2)cc1Cl. The van der Waals surface area contributed by atoms with Crippen LogP contribution in [0.4, 0.5) is 4.39 Å². The van der Waals surface area contributed by atoms with Gasteiger partial charge in [0.1, 0.15) is 17.2 Å². The summed E-state index contributed by atoms with van der Waals surface area (Å²) in [5.74, 6) is -0.913. The molecule has 0 aliphatic carbocycles. The Morgan fingerprint density at radius 2 is 2.00 bits per heavy atom. The van der Waals surface area contributed by atoms with E-state index in [1.807, 2.05) is 19.1 Å². The maximum Gasteiger partial charge on any atom is 0.331 e. The molecule has 3 N–H and O–H groups in total. The average molecular weight is 455 g/mol. The number of rotatable bonds is 6. The lowest BCUT2D eigenvalue weighted by Gasteiger charge is -2.17. The predicted molar refractivity (Wildman–Crippen MR) is 119 cm³/mol. The number of fused-ring (bicyclic) bond motifs is 1. The summed E-state index contributed by atoms with van der Waals surface area (Å²) >= 11 is 6.20. The molecule has 0 aliphatic heterocycles. The maximum absolute atomic E-state index is 13.2. The maximum atomic E-state index is 13.2. The minimum atomic E-state index is -0.540. The highest BCUT2D eigenvalue weighted by molar-refractivity contribution is 6.31. The van der Waals surface area contributed by atoms with Crippen molar-refractivity contribution in [2.45, 2.75) is 19.4 Å². The van der Waals surface area contributed by atoms with Gasteiger partial charge in [0.25, 0.3) is 5.91 Å². The molecule has 4 aromatic rings. The Hall–Kier alpha value is -3.49. The number of aryl methyl sites for hydroxylation is 1. The Bertz CT molecular complexity index is 1350. The van der Waals surface area contributed by atoms with Gasteiger partial charge in [0, 0.05) is 23.9 Å². The van der Waals surface area contributed by atoms with Crippen LogP contribution >= 0.6 is 11.6 Å². The van der Waals surface area contributed by atoms with Crippen LogP contribution in [0.3, 0.4) is 0 Å². The van der Waals surface area contributed by atoms with Crippen LogP contribution in [0.25, 0.3) is 16.9 Å². The molecule has 0 radical (unpaired) electrons. The minimum Gasteiger partial charge on any atom is -0.396 e. The van der Waals surface area contributed by atoms with Crippen LogP contribution in [0.15, 0.2) is 59.5 Å². The molecule has 0 saturated heterocycles. The van der Waals surface area contributed by atoms with Crippen molar-refractivity contribution in [1.29, 1.82) is 0 Å². The number of nitrogens with one attached hydrogen (secondary N) is 2. The van der Waals surface area contributed by atoms with Crippen LogP contribution in [0.2, 0.25) is 5.02 Å². The van der Waals surface area contributed by atoms with Gasteiger partial charge in [-0.2, -0.15) is 0 Å². The molecule has 1 atom stereocenters. The van der Waals surface area contributed by atoms with Crippen molar-refractivity contribution < 1.29 is 14.3 Å². The zero-order valence-electron chi connectivity index (χ0n) is 17.1. The predicted octanol–water partition coefficient (Wildman–Crippen LogP) is 3.64. The number of H-pyrrole nitrogens is 1. The van der Waals surface area contributed by atoms with E-state index >= 15 is 0 Å². The second kappa shape index (κ2) is 8.94. The van der Waals surface area contributed by atoms with Gasteiger partial charge in [0.2, 0.25) is 0 Å². The number of halogens is 2. The van der Waals surface area contributed by atoms with Gasteiger partial charge in [-0.15, -0.1) is 0 Å². The summed E-state index contributed by atoms with van der Waals surface area (Å²) in [4.78, 5) is 32.5. The van der Waals surface area contributed by atoms with E-state index < -0.39 is 23.5 Å². The standard InChI is InChI=1S/C23H20ClFN4O3/c1-13-2-3-15(10-17(13)24)19-11-21-26-20(12-29(21)23(32)28-19)22(31)27-18(8-9-30)14-4-6-16(25)7-5-14/h2-7,10-12,18,30H,8-9H2,1H3,(H,27,31)(H,28,32)/t18-/m1/s1. The molecule has 0 saturated carbocycles. The van der Waals surface area contributed by atoms with Crippen LogP contribution < -0.4 is 11.0 Å². The van der Waals surface area contributed by atoms with Gasteiger partial charge in [0.05, 0.1) is 11.7 Å². The number of imidazole rings is 1. The number of hydrogen-bond acceptors (Lipinski definition) is 4. The van der Waals surface area contributed by atoms with Crippen LogP contribution in [0, 0.1) is 12.7 Å². The molecule has 0 fully saturated rings. The third kappa shape index (κ3) is 4.42. The Morgan fingerprint density at radius 3 is 2.69 bits per heavy atom. The lowest BCUT2D eigenvalue weighted by Crippen LogP contribution is -2.29. The van der Waals surface area contributed by atoms with E-state index in [1.54, 1.807) is 24.3 Å². The number of carbonyl (C=O) groups is 1. The number of carbonyl (C=O) groups excluding carboxylic acids is 1. The summed E-state index contributed by atoms with van der Waals surface area (Å²) in [7, 11) is 0. The van der Waals surface area contributed by atoms with Gasteiger partial charge in [-0.05, 0) is 48.2 Å². The molecule has 32 heavy (non-hydrogen) atoms. The van der Waals surface area contributed by atoms with E-state index in [-0.39, 0.29) is 18.7 Å². The number of aromatic amines is 1. The minimum absolute atomic E-state index is 0.0413. The number of hydrogen-bond donors (Lipinski definition) is 3. The quantitative estimate of drug-likeness (QED) is 0.414. The zero-order chi connectivity index (χ0) is 22.8. The van der Waals surface area contributed by atoms with Gasteiger partial charge < -0.3 is 15.4 Å². The summed E-state index contributed by atoms with van der Waals surface area (Å²) in [5, 5.41) is 12.7. The Labute approximate surface area is 187 Å². The highest BCUT2D eigenvalue weighted by atomic mass is 35.5. The Kier molecular flexibility index (Phi) is 6.07. The molecular weight excluding hydrogens is 435 g/mol. The Morgan fingerprint density at radius 1 is 1.25 bits per heavy atom. The summed E-state index contributed by atoms with van der Waals surface area (Å²) in [5.41, 5.74) is 2.68. The van der Waals surface area contributed by atoms with Crippen molar-refractivity contribution in [3.8, 4) is 11.3 Å². The fourth-order valence-electron chi connectivity index (χ4n) is 3.40. The van der Waals surface area contributed by atoms with Gasteiger partial charge in [-0.25, -0.2) is 14.2 Å². The van der Waals surface area contributed by atoms with E-state index in [0.717, 1.165) is 5.56 Å². The average Bonchev–Trinajstić information content (AvgIpc) is 3.21. The largest absolute Gasteiger partial charge is 0.396 e. The van der Waals surface area contributed by atoms with E-state index in [9.17, 15) is 19.1 Å². The molecule has 1 amide bonds. The molecule has 4 rings (SSSR count). The highest BCUT2D eigenvalue weighted by Crippen LogP contribution is 2.24. The fourth-order valence-corrected chi connectivity index (χ4v) is 3.58. The molecule has 2 heterocycles. The number of aromatic nitrogens is 3. The first-order chi connectivity index (χ1) is 15.4. The summed E-state index contributed by atoms with van der Waals surface area (Å²) in [6, 6.07) is 12.2. The first-order valence-electron chi connectivity index (χ1n) is 9.92. The molecule has 0 spiro atoms. The van der Waals surface area contributed by atoms with Gasteiger partial charge >= 0.3 is 5.69 Å². The van der Waals surface area contributed by atoms with E-state index in [2.05, 4.69) is 15.3 Å². The fraction of sp³-hybridized carbons (Fsp3) is 0.174. The summed E-state index contributed by atoms with van der Waals surface area (Å²) in [6.45, 7) is 1.71. The van der Waals surface area contributed by atoms with Crippen molar-refractivity contribution in [3.05, 3.63) is 92.9 Å². The van der Waals surface area contributed by atoms with Gasteiger partial charge in [-0.3, -0.25) is 9.20 Å². The number of benzene rings is 2. The van der Waals surface area contributed by atoms with Crippen LogP contribution in [0.1, 0.15) is 34.1 Å². The summed E-state index contributed by atoms with van der Waals surface area (Å²) < 4.78 is 14.5. The lowest BCUT2D eigenvalue weighted by atomic mass is 10.0. The molecule has 164 valence electrons. The van der Waals surface area contributed by atoms with E-state index in [4.69, 9.17) is 11.6 Å². The van der Waals surface area contributed by atoms with Crippen molar-refractivity contribution >= 4 is 23.2 Å². The van der Waals surface area contributed by atoms with Gasteiger partial charge in [0.15, 0.2) is 0 Å². The van der Waals surface area contributed by atoms with Crippen molar-refractivity contribution in [1.82, 2.24) is 19.7 Å². The first-order valence-corrected chi connectivity index (χ1v) is 10.3. The molecule has 0 unspecified atom stereocenters. The van der Waals surface area contributed by atoms with Crippen LogP contribution in [-0.4, -0.2) is 32.0 Å². The first kappa shape index (κ1) is 21.7. The normalized spacial score (nSPS) is 12.1. The van der Waals surface area contributed by atoms with Crippen molar-refractivity contribution in [2.75, 3.05) is 6.61 Å². The molecular formula is C23H20ClFN4O3. The number of amides is 1. The van der Waals surface area contributed by atoms with E-state index in [0.29, 0.717) is 27.5 Å². The molecule has 0 aliphatic rings. The molecule has 2 aromatic carbocycles. The second-order valence-electron chi connectivity index (χ2n) is 7.40.